The quantitative estimate of drug-likeness (QED) is 0.358. The highest BCUT2D eigenvalue weighted by Gasteiger charge is 2.29. The van der Waals surface area contributed by atoms with Crippen molar-refractivity contribution >= 4 is 52.5 Å². The number of aromatic nitrogens is 1. The number of rotatable bonds is 5. The number of carbonyl (C=O) groups is 1. The molecule has 0 N–H and O–H groups in total. The topological polar surface area (TPSA) is 33.2 Å². The molecule has 2 atom stereocenters. The maximum Gasteiger partial charge on any atom is 0.272 e. The largest absolute Gasteiger partial charge is 0.334 e. The van der Waals surface area contributed by atoms with E-state index in [1.54, 1.807) is 18.2 Å². The van der Waals surface area contributed by atoms with Gasteiger partial charge in [-0.1, -0.05) is 54.2 Å². The maximum absolute atomic E-state index is 13.0. The molecule has 0 saturated carbocycles. The van der Waals surface area contributed by atoms with Crippen molar-refractivity contribution in [2.75, 3.05) is 6.54 Å². The van der Waals surface area contributed by atoms with Gasteiger partial charge in [0.15, 0.2) is 0 Å². The van der Waals surface area contributed by atoms with E-state index in [0.29, 0.717) is 32.4 Å². The zero-order valence-corrected chi connectivity index (χ0v) is 19.0. The van der Waals surface area contributed by atoms with Crippen LogP contribution < -0.4 is 0 Å². The highest BCUT2D eigenvalue weighted by Crippen LogP contribution is 2.36. The number of halogens is 3. The van der Waals surface area contributed by atoms with Crippen molar-refractivity contribution in [1.82, 2.24) is 9.88 Å². The van der Waals surface area contributed by atoms with Crippen LogP contribution in [0.25, 0.3) is 0 Å². The molecule has 1 saturated heterocycles. The molecule has 0 spiro atoms. The van der Waals surface area contributed by atoms with Gasteiger partial charge < -0.3 is 4.90 Å². The van der Waals surface area contributed by atoms with E-state index in [2.05, 4.69) is 18.8 Å². The van der Waals surface area contributed by atoms with Crippen molar-refractivity contribution in [3.8, 4) is 0 Å². The average molecular weight is 458 g/mol. The molecular weight excluding hydrogens is 435 g/mol. The molecule has 1 aliphatic rings. The molecular formula is C21H23Cl3N2OS. The predicted octanol–water partition coefficient (Wildman–Crippen LogP) is 6.98. The summed E-state index contributed by atoms with van der Waals surface area (Å²) in [4.78, 5) is 20.5. The number of pyridine rings is 1. The fraction of sp³-hybridized carbons (Fsp3) is 0.429. The van der Waals surface area contributed by atoms with Crippen LogP contribution in [-0.2, 0) is 5.75 Å². The molecule has 1 aromatic carbocycles. The van der Waals surface area contributed by atoms with Crippen LogP contribution in [0.1, 0.15) is 49.3 Å². The lowest BCUT2D eigenvalue weighted by molar-refractivity contribution is 0.0550. The zero-order chi connectivity index (χ0) is 20.3. The van der Waals surface area contributed by atoms with Gasteiger partial charge in [0.05, 0.1) is 20.8 Å². The molecule has 3 rings (SSSR count). The minimum Gasteiger partial charge on any atom is -0.334 e. The van der Waals surface area contributed by atoms with E-state index in [4.69, 9.17) is 34.8 Å². The summed E-state index contributed by atoms with van der Waals surface area (Å²) in [5, 5.41) is 1.46. The number of hydrogen-bond acceptors (Lipinski definition) is 3. The van der Waals surface area contributed by atoms with E-state index < -0.39 is 0 Å². The first-order chi connectivity index (χ1) is 13.4. The van der Waals surface area contributed by atoms with Crippen molar-refractivity contribution in [3.05, 3.63) is 56.8 Å². The Morgan fingerprint density at radius 1 is 1.18 bits per heavy atom. The number of carbonyl (C=O) groups excluding carboxylic acids is 1. The smallest absolute Gasteiger partial charge is 0.272 e. The van der Waals surface area contributed by atoms with Gasteiger partial charge in [-0.2, -0.15) is 0 Å². The molecule has 2 heterocycles. The van der Waals surface area contributed by atoms with E-state index in [1.807, 2.05) is 17.0 Å². The van der Waals surface area contributed by atoms with Gasteiger partial charge in [-0.05, 0) is 49.9 Å². The Morgan fingerprint density at radius 3 is 2.68 bits per heavy atom. The van der Waals surface area contributed by atoms with Gasteiger partial charge in [-0.25, -0.2) is 4.98 Å². The van der Waals surface area contributed by atoms with E-state index in [0.717, 1.165) is 30.0 Å². The SMILES string of the molecule is CCC1CCC(C)N(C(=O)c2cccc(CSc3cc(Cl)c(Cl)cc3Cl)n2)C1. The van der Waals surface area contributed by atoms with Crippen LogP contribution in [0.5, 0.6) is 0 Å². The number of likely N-dealkylation sites (tertiary alicyclic amines) is 1. The first-order valence-corrected chi connectivity index (χ1v) is 11.5. The molecule has 0 bridgehead atoms. The summed E-state index contributed by atoms with van der Waals surface area (Å²) in [6.07, 6.45) is 3.34. The second kappa shape index (κ2) is 9.71. The summed E-state index contributed by atoms with van der Waals surface area (Å²) in [5.74, 6) is 1.19. The maximum atomic E-state index is 13.0. The summed E-state index contributed by atoms with van der Waals surface area (Å²) >= 11 is 19.8. The zero-order valence-electron chi connectivity index (χ0n) is 15.9. The standard InChI is InChI=1S/C21H23Cl3N2OS/c1-3-14-8-7-13(2)26(11-14)21(27)19-6-4-5-15(25-19)12-28-20-10-17(23)16(22)9-18(20)24/h4-6,9-10,13-14H,3,7-8,11-12H2,1-2H3. The molecule has 3 nitrogen and oxygen atoms in total. The molecule has 7 heteroatoms. The summed E-state index contributed by atoms with van der Waals surface area (Å²) < 4.78 is 0. The molecule has 0 radical (unpaired) electrons. The monoisotopic (exact) mass is 456 g/mol. The summed E-state index contributed by atoms with van der Waals surface area (Å²) in [6, 6.07) is 9.26. The lowest BCUT2D eigenvalue weighted by Gasteiger charge is -2.37. The number of thioether (sulfide) groups is 1. The lowest BCUT2D eigenvalue weighted by atomic mass is 9.91. The van der Waals surface area contributed by atoms with Crippen LogP contribution in [0.3, 0.4) is 0 Å². The Kier molecular flexibility index (Phi) is 7.54. The molecule has 1 fully saturated rings. The molecule has 0 aliphatic carbocycles. The Balaban J connectivity index is 1.71. The summed E-state index contributed by atoms with van der Waals surface area (Å²) in [7, 11) is 0. The van der Waals surface area contributed by atoms with Crippen molar-refractivity contribution in [2.45, 2.75) is 49.8 Å². The number of nitrogens with zero attached hydrogens (tertiary/aromatic N) is 2. The van der Waals surface area contributed by atoms with Gasteiger partial charge in [-0.15, -0.1) is 11.8 Å². The van der Waals surface area contributed by atoms with Gasteiger partial charge in [0.1, 0.15) is 5.69 Å². The summed E-state index contributed by atoms with van der Waals surface area (Å²) in [5.41, 5.74) is 1.33. The second-order valence-electron chi connectivity index (χ2n) is 7.16. The number of amides is 1. The molecule has 28 heavy (non-hydrogen) atoms. The number of hydrogen-bond donors (Lipinski definition) is 0. The third-order valence-electron chi connectivity index (χ3n) is 5.19. The van der Waals surface area contributed by atoms with Crippen molar-refractivity contribution in [3.63, 3.8) is 0 Å². The van der Waals surface area contributed by atoms with E-state index in [9.17, 15) is 4.79 Å². The molecule has 2 unspecified atom stereocenters. The third kappa shape index (κ3) is 5.15. The van der Waals surface area contributed by atoms with Crippen molar-refractivity contribution < 1.29 is 4.79 Å². The van der Waals surface area contributed by atoms with Crippen molar-refractivity contribution in [1.29, 1.82) is 0 Å². The van der Waals surface area contributed by atoms with Crippen LogP contribution in [0.15, 0.2) is 35.2 Å². The fourth-order valence-corrected chi connectivity index (χ4v) is 5.03. The van der Waals surface area contributed by atoms with Crippen LogP contribution in [0.2, 0.25) is 15.1 Å². The molecule has 1 amide bonds. The van der Waals surface area contributed by atoms with Crippen molar-refractivity contribution in [2.24, 2.45) is 5.92 Å². The Morgan fingerprint density at radius 2 is 1.93 bits per heavy atom. The molecule has 1 aromatic heterocycles. The van der Waals surface area contributed by atoms with E-state index in [1.165, 1.54) is 18.2 Å². The second-order valence-corrected chi connectivity index (χ2v) is 9.40. The van der Waals surface area contributed by atoms with Crippen LogP contribution in [-0.4, -0.2) is 28.4 Å². The Bertz CT molecular complexity index is 862. The van der Waals surface area contributed by atoms with Gasteiger partial charge in [0.25, 0.3) is 5.91 Å². The van der Waals surface area contributed by atoms with Crippen LogP contribution >= 0.6 is 46.6 Å². The molecule has 150 valence electrons. The normalized spacial score (nSPS) is 19.7. The number of piperidine rings is 1. The first-order valence-electron chi connectivity index (χ1n) is 9.43. The third-order valence-corrected chi connectivity index (χ3v) is 7.43. The van der Waals surface area contributed by atoms with Gasteiger partial charge >= 0.3 is 0 Å². The van der Waals surface area contributed by atoms with Gasteiger partial charge in [-0.3, -0.25) is 4.79 Å². The molecule has 2 aromatic rings. The Labute approximate surface area is 185 Å². The molecule has 1 aliphatic heterocycles. The summed E-state index contributed by atoms with van der Waals surface area (Å²) in [6.45, 7) is 5.12. The highest BCUT2D eigenvalue weighted by molar-refractivity contribution is 7.98. The lowest BCUT2D eigenvalue weighted by Crippen LogP contribution is -2.45. The van der Waals surface area contributed by atoms with E-state index in [-0.39, 0.29) is 11.9 Å². The van der Waals surface area contributed by atoms with Crippen LogP contribution in [0.4, 0.5) is 0 Å². The minimum atomic E-state index is 0.0186. The first kappa shape index (κ1) is 21.8. The van der Waals surface area contributed by atoms with Crippen LogP contribution in [0, 0.1) is 5.92 Å². The fourth-order valence-electron chi connectivity index (χ4n) is 3.39. The average Bonchev–Trinajstić information content (AvgIpc) is 2.70. The highest BCUT2D eigenvalue weighted by atomic mass is 35.5. The minimum absolute atomic E-state index is 0.0186. The van der Waals surface area contributed by atoms with Gasteiger partial charge in [0.2, 0.25) is 0 Å². The van der Waals surface area contributed by atoms with E-state index >= 15 is 0 Å². The predicted molar refractivity (Wildman–Crippen MR) is 119 cm³/mol. The Hall–Kier alpha value is -0.940. The van der Waals surface area contributed by atoms with Gasteiger partial charge in [0, 0.05) is 23.2 Å². The number of benzene rings is 1.